The highest BCUT2D eigenvalue weighted by molar-refractivity contribution is 6.33. The van der Waals surface area contributed by atoms with Gasteiger partial charge in [-0.15, -0.1) is 18.8 Å². The lowest BCUT2D eigenvalue weighted by Crippen LogP contribution is -2.22. The highest BCUT2D eigenvalue weighted by atomic mass is 35.5. The van der Waals surface area contributed by atoms with Gasteiger partial charge in [-0.05, 0) is 6.07 Å². The first-order valence-electron chi connectivity index (χ1n) is 4.97. The van der Waals surface area contributed by atoms with Gasteiger partial charge in [0.05, 0.1) is 22.2 Å². The highest BCUT2D eigenvalue weighted by Crippen LogP contribution is 2.26. The maximum absolute atomic E-state index is 10.5. The van der Waals surface area contributed by atoms with E-state index in [-0.39, 0.29) is 18.1 Å². The molecule has 0 saturated heterocycles. The standard InChI is InChI=1S/C11H12ClN3O2.ClH/c1-2-5-13-6-7-14-11-4-3-9(15(16)17)8-10(11)12;/h1,3-4,8,13-14H,5-7H2;1H. The Morgan fingerprint density at radius 2 is 2.17 bits per heavy atom. The smallest absolute Gasteiger partial charge is 0.271 e. The van der Waals surface area contributed by atoms with E-state index in [1.807, 2.05) is 0 Å². The first kappa shape index (κ1) is 16.5. The van der Waals surface area contributed by atoms with Crippen LogP contribution < -0.4 is 10.6 Å². The van der Waals surface area contributed by atoms with Gasteiger partial charge in [0.15, 0.2) is 0 Å². The highest BCUT2D eigenvalue weighted by Gasteiger charge is 2.08. The van der Waals surface area contributed by atoms with Crippen molar-refractivity contribution < 1.29 is 4.92 Å². The summed E-state index contributed by atoms with van der Waals surface area (Å²) in [5, 5.41) is 16.9. The molecule has 0 aliphatic heterocycles. The minimum atomic E-state index is -0.482. The summed E-state index contributed by atoms with van der Waals surface area (Å²) in [7, 11) is 0. The third-order valence-corrected chi connectivity index (χ3v) is 2.32. The lowest BCUT2D eigenvalue weighted by atomic mass is 10.3. The van der Waals surface area contributed by atoms with Crippen LogP contribution in [0.15, 0.2) is 18.2 Å². The van der Waals surface area contributed by atoms with Gasteiger partial charge in [0, 0.05) is 25.2 Å². The van der Waals surface area contributed by atoms with Gasteiger partial charge < -0.3 is 10.6 Å². The molecule has 98 valence electrons. The lowest BCUT2D eigenvalue weighted by Gasteiger charge is -2.07. The van der Waals surface area contributed by atoms with Gasteiger partial charge in [-0.2, -0.15) is 0 Å². The molecule has 0 heterocycles. The molecule has 0 radical (unpaired) electrons. The molecule has 18 heavy (non-hydrogen) atoms. The first-order chi connectivity index (χ1) is 8.15. The van der Waals surface area contributed by atoms with Crippen LogP contribution in [0.25, 0.3) is 0 Å². The summed E-state index contributed by atoms with van der Waals surface area (Å²) in [5.74, 6) is 2.46. The minimum absolute atomic E-state index is 0. The molecule has 0 saturated carbocycles. The zero-order chi connectivity index (χ0) is 12.7. The van der Waals surface area contributed by atoms with Crippen molar-refractivity contribution in [2.75, 3.05) is 25.0 Å². The van der Waals surface area contributed by atoms with Crippen LogP contribution in [0.2, 0.25) is 5.02 Å². The predicted molar refractivity (Wildman–Crippen MR) is 75.5 cm³/mol. The van der Waals surface area contributed by atoms with Crippen molar-refractivity contribution >= 4 is 35.4 Å². The maximum Gasteiger partial charge on any atom is 0.271 e. The van der Waals surface area contributed by atoms with E-state index < -0.39 is 4.92 Å². The fourth-order valence-corrected chi connectivity index (χ4v) is 1.45. The number of anilines is 1. The van der Waals surface area contributed by atoms with Gasteiger partial charge in [-0.1, -0.05) is 17.5 Å². The maximum atomic E-state index is 10.5. The Morgan fingerprint density at radius 3 is 2.72 bits per heavy atom. The largest absolute Gasteiger partial charge is 0.383 e. The lowest BCUT2D eigenvalue weighted by molar-refractivity contribution is -0.384. The molecule has 0 aliphatic carbocycles. The quantitative estimate of drug-likeness (QED) is 0.365. The van der Waals surface area contributed by atoms with Gasteiger partial charge in [0.1, 0.15) is 0 Å². The monoisotopic (exact) mass is 289 g/mol. The zero-order valence-electron chi connectivity index (χ0n) is 9.48. The number of hydrogen-bond donors (Lipinski definition) is 2. The molecule has 0 fully saturated rings. The Bertz CT molecular complexity index is 446. The van der Waals surface area contributed by atoms with Crippen LogP contribution in [0.5, 0.6) is 0 Å². The number of nitro groups is 1. The number of halogens is 2. The minimum Gasteiger partial charge on any atom is -0.383 e. The number of terminal acetylenes is 1. The van der Waals surface area contributed by atoms with Crippen molar-refractivity contribution in [2.45, 2.75) is 0 Å². The summed E-state index contributed by atoms with van der Waals surface area (Å²) < 4.78 is 0. The molecule has 0 unspecified atom stereocenters. The Labute approximate surface area is 116 Å². The summed E-state index contributed by atoms with van der Waals surface area (Å²) in [6.07, 6.45) is 5.07. The van der Waals surface area contributed by atoms with Crippen molar-refractivity contribution in [2.24, 2.45) is 0 Å². The molecule has 1 aromatic carbocycles. The number of benzene rings is 1. The summed E-state index contributed by atoms with van der Waals surface area (Å²) >= 11 is 5.89. The van der Waals surface area contributed by atoms with E-state index in [4.69, 9.17) is 18.0 Å². The van der Waals surface area contributed by atoms with Gasteiger partial charge in [0.25, 0.3) is 5.69 Å². The van der Waals surface area contributed by atoms with Crippen LogP contribution in [-0.2, 0) is 0 Å². The summed E-state index contributed by atoms with van der Waals surface area (Å²) in [5.41, 5.74) is 0.644. The predicted octanol–water partition coefficient (Wildman–Crippen LogP) is 2.30. The van der Waals surface area contributed by atoms with Crippen molar-refractivity contribution in [3.05, 3.63) is 33.3 Å². The molecule has 0 amide bonds. The van der Waals surface area contributed by atoms with Crippen molar-refractivity contribution in [1.82, 2.24) is 5.32 Å². The van der Waals surface area contributed by atoms with Crippen LogP contribution >= 0.6 is 24.0 Å². The second-order valence-corrected chi connectivity index (χ2v) is 3.64. The van der Waals surface area contributed by atoms with Crippen molar-refractivity contribution in [3.63, 3.8) is 0 Å². The number of nitrogens with zero attached hydrogens (tertiary/aromatic N) is 1. The molecule has 1 rings (SSSR count). The second kappa shape index (κ2) is 8.59. The molecule has 5 nitrogen and oxygen atoms in total. The fourth-order valence-electron chi connectivity index (χ4n) is 1.21. The second-order valence-electron chi connectivity index (χ2n) is 3.23. The molecular formula is C11H13Cl2N3O2. The van der Waals surface area contributed by atoms with Gasteiger partial charge in [0.2, 0.25) is 0 Å². The van der Waals surface area contributed by atoms with E-state index in [9.17, 15) is 10.1 Å². The molecule has 7 heteroatoms. The van der Waals surface area contributed by atoms with Crippen LogP contribution in [-0.4, -0.2) is 24.6 Å². The van der Waals surface area contributed by atoms with Gasteiger partial charge in [-0.25, -0.2) is 0 Å². The third-order valence-electron chi connectivity index (χ3n) is 2.01. The number of nitrogens with one attached hydrogen (secondary N) is 2. The molecule has 0 spiro atoms. The molecule has 0 aromatic heterocycles. The van der Waals surface area contributed by atoms with Crippen molar-refractivity contribution in [3.8, 4) is 12.3 Å². The average molecular weight is 290 g/mol. The Morgan fingerprint density at radius 1 is 1.44 bits per heavy atom. The molecular weight excluding hydrogens is 277 g/mol. The number of non-ortho nitro benzene ring substituents is 1. The molecule has 0 atom stereocenters. The Hall–Kier alpha value is -1.48. The van der Waals surface area contributed by atoms with E-state index >= 15 is 0 Å². The van der Waals surface area contributed by atoms with Crippen LogP contribution in [0.1, 0.15) is 0 Å². The summed E-state index contributed by atoms with van der Waals surface area (Å²) in [4.78, 5) is 10.0. The summed E-state index contributed by atoms with van der Waals surface area (Å²) in [6.45, 7) is 1.84. The van der Waals surface area contributed by atoms with Crippen LogP contribution in [0.3, 0.4) is 0 Å². The first-order valence-corrected chi connectivity index (χ1v) is 5.35. The fraction of sp³-hybridized carbons (Fsp3) is 0.273. The van der Waals surface area contributed by atoms with Crippen LogP contribution in [0.4, 0.5) is 11.4 Å². The van der Waals surface area contributed by atoms with E-state index in [1.165, 1.54) is 12.1 Å². The SMILES string of the molecule is C#CCNCCNc1ccc([N+](=O)[O-])cc1Cl.Cl. The Balaban J connectivity index is 0.00000289. The zero-order valence-corrected chi connectivity index (χ0v) is 11.1. The van der Waals surface area contributed by atoms with Gasteiger partial charge in [-0.3, -0.25) is 10.1 Å². The summed E-state index contributed by atoms with van der Waals surface area (Å²) in [6, 6.07) is 4.31. The average Bonchev–Trinajstić information content (AvgIpc) is 2.30. The Kier molecular flexibility index (Phi) is 7.88. The van der Waals surface area contributed by atoms with E-state index in [0.717, 1.165) is 0 Å². The number of nitro benzene ring substituents is 1. The molecule has 0 aliphatic rings. The normalized spacial score (nSPS) is 9.11. The molecule has 0 bridgehead atoms. The van der Waals surface area contributed by atoms with E-state index in [0.29, 0.717) is 30.3 Å². The third kappa shape index (κ3) is 5.23. The number of hydrogen-bond acceptors (Lipinski definition) is 4. The van der Waals surface area contributed by atoms with E-state index in [1.54, 1.807) is 6.07 Å². The van der Waals surface area contributed by atoms with Gasteiger partial charge >= 0.3 is 0 Å². The van der Waals surface area contributed by atoms with E-state index in [2.05, 4.69) is 16.6 Å². The number of rotatable bonds is 6. The van der Waals surface area contributed by atoms with Crippen LogP contribution in [0, 0.1) is 22.5 Å². The molecule has 2 N–H and O–H groups in total. The topological polar surface area (TPSA) is 67.2 Å². The molecule has 1 aromatic rings. The van der Waals surface area contributed by atoms with Crippen molar-refractivity contribution in [1.29, 1.82) is 0 Å².